The lowest BCUT2D eigenvalue weighted by Gasteiger charge is -2.23. The number of alkyl carbamates (subject to hydrolysis) is 2. The molecule has 4 aromatic heterocycles. The minimum atomic E-state index is -1.30. The summed E-state index contributed by atoms with van der Waals surface area (Å²) in [6, 6.07) is 9.02. The summed E-state index contributed by atoms with van der Waals surface area (Å²) < 4.78 is 27.3. The first-order valence-electron chi connectivity index (χ1n) is 20.1. The number of hydrogen-bond acceptors (Lipinski definition) is 10. The van der Waals surface area contributed by atoms with Crippen molar-refractivity contribution in [2.24, 2.45) is 0 Å². The van der Waals surface area contributed by atoms with Crippen LogP contribution in [0.15, 0.2) is 49.1 Å². The van der Waals surface area contributed by atoms with Crippen molar-refractivity contribution in [2.45, 2.75) is 144 Å². The molecular formula is C42H66N8O6Si2. The molecule has 2 atom stereocenters. The predicted molar refractivity (Wildman–Crippen MR) is 234 cm³/mol. The van der Waals surface area contributed by atoms with Crippen molar-refractivity contribution >= 4 is 28.3 Å². The largest absolute Gasteiger partial charge is 0.444 e. The van der Waals surface area contributed by atoms with Crippen molar-refractivity contribution in [1.29, 1.82) is 0 Å². The quantitative estimate of drug-likeness (QED) is 0.0776. The molecule has 0 aliphatic rings. The second-order valence-electron chi connectivity index (χ2n) is 19.2. The number of pyridine rings is 2. The van der Waals surface area contributed by atoms with Crippen molar-refractivity contribution in [3.8, 4) is 33.9 Å². The standard InChI is InChI=1S/C42H66N8O6Si2/c1-29(47-39(51)55-41(3,4)5)37-45-25-35(49(37)27-53-19-21-57(9,10)11)31-15-17-33(43-23-31)34-18-16-32(24-44-34)36-26-46-38(30(2)48-40(52)56-42(6,7)8)50(36)28-54-20-22-58(12,13)14/h15-18,23-26,29-30H,19-22,27-28H2,1-14H3,(H,47,51)(H,48,52)/t29-,30-/m0/s1. The number of hydrogen-bond donors (Lipinski definition) is 2. The molecule has 0 aromatic carbocycles. The molecule has 0 spiro atoms. The number of nitrogens with zero attached hydrogens (tertiary/aromatic N) is 6. The normalized spacial score (nSPS) is 13.6. The minimum Gasteiger partial charge on any atom is -0.444 e. The summed E-state index contributed by atoms with van der Waals surface area (Å²) >= 11 is 0. The highest BCUT2D eigenvalue weighted by atomic mass is 28.3. The third-order valence-electron chi connectivity index (χ3n) is 8.83. The lowest BCUT2D eigenvalue weighted by Crippen LogP contribution is -2.35. The summed E-state index contributed by atoms with van der Waals surface area (Å²) in [5.41, 5.74) is 3.47. The Hall–Kier alpha value is -4.39. The highest BCUT2D eigenvalue weighted by Gasteiger charge is 2.25. The van der Waals surface area contributed by atoms with E-state index in [1.54, 1.807) is 24.8 Å². The van der Waals surface area contributed by atoms with Gasteiger partial charge in [0.15, 0.2) is 0 Å². The van der Waals surface area contributed by atoms with E-state index in [0.29, 0.717) is 36.3 Å². The Morgan fingerprint density at radius 3 is 1.26 bits per heavy atom. The van der Waals surface area contributed by atoms with E-state index in [1.807, 2.05) is 88.8 Å². The van der Waals surface area contributed by atoms with Gasteiger partial charge in [0, 0.05) is 52.9 Å². The maximum atomic E-state index is 12.6. The van der Waals surface area contributed by atoms with Gasteiger partial charge in [0.1, 0.15) is 36.3 Å². The highest BCUT2D eigenvalue weighted by Crippen LogP contribution is 2.29. The molecule has 4 rings (SSSR count). The molecule has 0 unspecified atom stereocenters. The Kier molecular flexibility index (Phi) is 15.3. The van der Waals surface area contributed by atoms with E-state index in [1.165, 1.54) is 0 Å². The van der Waals surface area contributed by atoms with Gasteiger partial charge in [-0.15, -0.1) is 0 Å². The average Bonchev–Trinajstić information content (AvgIpc) is 3.71. The maximum Gasteiger partial charge on any atom is 0.408 e. The van der Waals surface area contributed by atoms with Crippen LogP contribution in [0.25, 0.3) is 33.9 Å². The fourth-order valence-corrected chi connectivity index (χ4v) is 7.28. The van der Waals surface area contributed by atoms with Crippen LogP contribution in [0.1, 0.15) is 79.1 Å². The van der Waals surface area contributed by atoms with Crippen LogP contribution in [0.2, 0.25) is 51.4 Å². The molecule has 58 heavy (non-hydrogen) atoms. The van der Waals surface area contributed by atoms with Gasteiger partial charge in [-0.05, 0) is 91.7 Å². The average molecular weight is 835 g/mol. The van der Waals surface area contributed by atoms with Gasteiger partial charge in [0.05, 0.1) is 47.3 Å². The molecule has 4 heterocycles. The van der Waals surface area contributed by atoms with Crippen LogP contribution in [-0.4, -0.2) is 81.8 Å². The summed E-state index contributed by atoms with van der Waals surface area (Å²) in [7, 11) is -2.59. The van der Waals surface area contributed by atoms with Gasteiger partial charge in [-0.25, -0.2) is 19.6 Å². The van der Waals surface area contributed by atoms with Gasteiger partial charge in [-0.1, -0.05) is 39.3 Å². The van der Waals surface area contributed by atoms with Gasteiger partial charge in [0.2, 0.25) is 0 Å². The minimum absolute atomic E-state index is 0.276. The fourth-order valence-electron chi connectivity index (χ4n) is 5.76. The summed E-state index contributed by atoms with van der Waals surface area (Å²) in [4.78, 5) is 44.3. The first kappa shape index (κ1) is 46.3. The van der Waals surface area contributed by atoms with E-state index in [2.05, 4.69) is 49.9 Å². The number of carbonyl (C=O) groups excluding carboxylic acids is 2. The second-order valence-corrected chi connectivity index (χ2v) is 30.4. The van der Waals surface area contributed by atoms with Crippen LogP contribution in [0.5, 0.6) is 0 Å². The van der Waals surface area contributed by atoms with Gasteiger partial charge in [-0.3, -0.25) is 9.97 Å². The lowest BCUT2D eigenvalue weighted by molar-refractivity contribution is 0.0486. The maximum absolute atomic E-state index is 12.6. The molecule has 0 radical (unpaired) electrons. The van der Waals surface area contributed by atoms with E-state index >= 15 is 0 Å². The van der Waals surface area contributed by atoms with E-state index in [9.17, 15) is 9.59 Å². The lowest BCUT2D eigenvalue weighted by atomic mass is 10.1. The Balaban J connectivity index is 1.57. The van der Waals surface area contributed by atoms with Crippen LogP contribution in [-0.2, 0) is 32.4 Å². The first-order valence-corrected chi connectivity index (χ1v) is 27.5. The molecule has 16 heteroatoms. The molecule has 0 aliphatic heterocycles. The van der Waals surface area contributed by atoms with E-state index in [0.717, 1.165) is 34.6 Å². The number of aromatic nitrogens is 6. The zero-order valence-electron chi connectivity index (χ0n) is 37.1. The van der Waals surface area contributed by atoms with Crippen molar-refractivity contribution < 1.29 is 28.5 Å². The number of amides is 2. The van der Waals surface area contributed by atoms with Crippen molar-refractivity contribution in [3.05, 3.63) is 60.7 Å². The van der Waals surface area contributed by atoms with Crippen LogP contribution in [0.4, 0.5) is 9.59 Å². The SMILES string of the molecule is C[C@H](NC(=O)OC(C)(C)C)c1ncc(-c2ccc(-c3ccc(-c4cnc([C@H](C)NC(=O)OC(C)(C)C)n4COCC[Si](C)(C)C)cn3)nc2)n1COCC[Si](C)(C)C. The molecule has 0 bridgehead atoms. The molecule has 0 aliphatic carbocycles. The number of rotatable bonds is 17. The zero-order valence-corrected chi connectivity index (χ0v) is 39.1. The number of nitrogens with one attached hydrogen (secondary N) is 2. The smallest absolute Gasteiger partial charge is 0.408 e. The monoisotopic (exact) mass is 834 g/mol. The van der Waals surface area contributed by atoms with E-state index in [4.69, 9.17) is 38.9 Å². The molecule has 4 aromatic rings. The summed E-state index contributed by atoms with van der Waals surface area (Å²) in [5.74, 6) is 1.29. The van der Waals surface area contributed by atoms with Crippen LogP contribution in [0, 0.1) is 0 Å². The Morgan fingerprint density at radius 1 is 0.603 bits per heavy atom. The molecule has 0 saturated heterocycles. The predicted octanol–water partition coefficient (Wildman–Crippen LogP) is 9.67. The van der Waals surface area contributed by atoms with Crippen molar-refractivity contribution in [1.82, 2.24) is 39.7 Å². The van der Waals surface area contributed by atoms with Crippen LogP contribution < -0.4 is 10.6 Å². The van der Waals surface area contributed by atoms with Crippen LogP contribution in [0.3, 0.4) is 0 Å². The Morgan fingerprint density at radius 2 is 0.966 bits per heavy atom. The Bertz CT molecular complexity index is 1810. The third kappa shape index (κ3) is 14.5. The van der Waals surface area contributed by atoms with Gasteiger partial charge >= 0.3 is 12.2 Å². The molecular weight excluding hydrogens is 769 g/mol. The molecule has 0 fully saturated rings. The summed E-state index contributed by atoms with van der Waals surface area (Å²) in [6.45, 7) is 30.5. The Labute approximate surface area is 346 Å². The van der Waals surface area contributed by atoms with E-state index in [-0.39, 0.29) is 13.5 Å². The summed E-state index contributed by atoms with van der Waals surface area (Å²) in [6.07, 6.45) is 6.14. The van der Waals surface area contributed by atoms with Crippen LogP contribution >= 0.6 is 0 Å². The number of ether oxygens (including phenoxy) is 4. The van der Waals surface area contributed by atoms with Gasteiger partial charge in [-0.2, -0.15) is 0 Å². The van der Waals surface area contributed by atoms with Crippen molar-refractivity contribution in [3.63, 3.8) is 0 Å². The first-order chi connectivity index (χ1) is 26.9. The number of carbonyl (C=O) groups is 2. The van der Waals surface area contributed by atoms with Crippen molar-refractivity contribution in [2.75, 3.05) is 13.2 Å². The molecule has 2 N–H and O–H groups in total. The molecule has 14 nitrogen and oxygen atoms in total. The highest BCUT2D eigenvalue weighted by molar-refractivity contribution is 6.76. The number of imidazole rings is 2. The topological polar surface area (TPSA) is 157 Å². The zero-order chi connectivity index (χ0) is 43.1. The molecule has 0 saturated carbocycles. The summed E-state index contributed by atoms with van der Waals surface area (Å²) in [5, 5.41) is 5.82. The van der Waals surface area contributed by atoms with Gasteiger partial charge in [0.25, 0.3) is 0 Å². The molecule has 318 valence electrons. The molecule has 2 amide bonds. The fraction of sp³-hybridized carbons (Fsp3) is 0.571. The third-order valence-corrected chi connectivity index (χ3v) is 12.2. The second kappa shape index (κ2) is 19.1. The van der Waals surface area contributed by atoms with E-state index < -0.39 is 51.6 Å². The van der Waals surface area contributed by atoms with Gasteiger partial charge < -0.3 is 38.7 Å².